The fourth-order valence-corrected chi connectivity index (χ4v) is 3.93. The zero-order valence-corrected chi connectivity index (χ0v) is 15.5. The highest BCUT2D eigenvalue weighted by Gasteiger charge is 2.26. The van der Waals surface area contributed by atoms with Gasteiger partial charge in [0.25, 0.3) is 0 Å². The van der Waals surface area contributed by atoms with Gasteiger partial charge < -0.3 is 15.1 Å². The van der Waals surface area contributed by atoms with Gasteiger partial charge in [-0.15, -0.1) is 5.10 Å². The van der Waals surface area contributed by atoms with Gasteiger partial charge in [0, 0.05) is 32.2 Å². The monoisotopic (exact) mass is 370 g/mol. The minimum Gasteiger partial charge on any atom is -0.338 e. The van der Waals surface area contributed by atoms with Crippen molar-refractivity contribution in [3.8, 4) is 0 Å². The molecule has 0 radical (unpaired) electrons. The molecule has 2 aliphatic rings. The minimum absolute atomic E-state index is 0.0104. The molecular formula is C19H26N6O2. The Kier molecular flexibility index (Phi) is 5.22. The first-order valence-electron chi connectivity index (χ1n) is 9.82. The quantitative estimate of drug-likeness (QED) is 0.890. The lowest BCUT2D eigenvalue weighted by molar-refractivity contribution is -0.133. The van der Waals surface area contributed by atoms with Gasteiger partial charge in [-0.1, -0.05) is 36.6 Å². The SMILES string of the molecule is O=C(Cn1nnc2ccccc21)N1CCN(C(=O)NC2CCCCC2)CC1. The van der Waals surface area contributed by atoms with Gasteiger partial charge in [0.05, 0.1) is 5.52 Å². The number of hydrogen-bond donors (Lipinski definition) is 1. The van der Waals surface area contributed by atoms with Crippen LogP contribution in [-0.4, -0.2) is 69.0 Å². The van der Waals surface area contributed by atoms with Gasteiger partial charge in [0.15, 0.2) is 0 Å². The van der Waals surface area contributed by atoms with E-state index in [1.165, 1.54) is 19.3 Å². The van der Waals surface area contributed by atoms with Crippen molar-refractivity contribution in [1.82, 2.24) is 30.1 Å². The molecule has 1 aliphatic heterocycles. The molecule has 1 aromatic heterocycles. The first-order chi connectivity index (χ1) is 13.2. The van der Waals surface area contributed by atoms with E-state index in [1.54, 1.807) is 9.58 Å². The number of rotatable bonds is 3. The van der Waals surface area contributed by atoms with Crippen LogP contribution in [-0.2, 0) is 11.3 Å². The number of nitrogens with zero attached hydrogens (tertiary/aromatic N) is 5. The molecule has 1 saturated carbocycles. The van der Waals surface area contributed by atoms with Crippen LogP contribution in [0.1, 0.15) is 32.1 Å². The van der Waals surface area contributed by atoms with Gasteiger partial charge in [-0.3, -0.25) is 4.79 Å². The van der Waals surface area contributed by atoms with E-state index >= 15 is 0 Å². The summed E-state index contributed by atoms with van der Waals surface area (Å²) in [5.41, 5.74) is 1.64. The second-order valence-corrected chi connectivity index (χ2v) is 7.39. The Bertz CT molecular complexity index is 805. The van der Waals surface area contributed by atoms with E-state index in [-0.39, 0.29) is 18.5 Å². The lowest BCUT2D eigenvalue weighted by Crippen LogP contribution is -2.55. The van der Waals surface area contributed by atoms with Crippen LogP contribution in [0.3, 0.4) is 0 Å². The summed E-state index contributed by atoms with van der Waals surface area (Å²) < 4.78 is 1.64. The van der Waals surface area contributed by atoms with Crippen molar-refractivity contribution >= 4 is 23.0 Å². The summed E-state index contributed by atoms with van der Waals surface area (Å²) in [6.07, 6.45) is 5.83. The Morgan fingerprint density at radius 3 is 2.48 bits per heavy atom. The molecule has 8 nitrogen and oxygen atoms in total. The first kappa shape index (κ1) is 17.8. The fraction of sp³-hybridized carbons (Fsp3) is 0.579. The highest BCUT2D eigenvalue weighted by Crippen LogP contribution is 2.18. The van der Waals surface area contributed by atoms with E-state index in [0.717, 1.165) is 23.9 Å². The van der Waals surface area contributed by atoms with Gasteiger partial charge in [-0.25, -0.2) is 9.48 Å². The van der Waals surface area contributed by atoms with Crippen LogP contribution in [0.4, 0.5) is 4.79 Å². The van der Waals surface area contributed by atoms with Crippen LogP contribution in [0.2, 0.25) is 0 Å². The molecule has 1 saturated heterocycles. The number of fused-ring (bicyclic) bond motifs is 1. The van der Waals surface area contributed by atoms with Crippen LogP contribution in [0.5, 0.6) is 0 Å². The zero-order chi connectivity index (χ0) is 18.6. The number of amides is 3. The Morgan fingerprint density at radius 2 is 1.70 bits per heavy atom. The highest BCUT2D eigenvalue weighted by molar-refractivity contribution is 5.80. The van der Waals surface area contributed by atoms with E-state index < -0.39 is 0 Å². The fourth-order valence-electron chi connectivity index (χ4n) is 3.93. The van der Waals surface area contributed by atoms with Crippen molar-refractivity contribution in [3.63, 3.8) is 0 Å². The number of piperazine rings is 1. The van der Waals surface area contributed by atoms with Gasteiger partial charge in [-0.05, 0) is 25.0 Å². The van der Waals surface area contributed by atoms with E-state index in [2.05, 4.69) is 15.6 Å². The normalized spacial score (nSPS) is 18.7. The van der Waals surface area contributed by atoms with Crippen molar-refractivity contribution in [2.24, 2.45) is 0 Å². The summed E-state index contributed by atoms with van der Waals surface area (Å²) in [7, 11) is 0. The van der Waals surface area contributed by atoms with Crippen LogP contribution >= 0.6 is 0 Å². The molecule has 0 atom stereocenters. The standard InChI is InChI=1S/C19H26N6O2/c26-18(14-25-17-9-5-4-8-16(17)21-22-25)23-10-12-24(13-11-23)19(27)20-15-6-2-1-3-7-15/h4-5,8-9,15H,1-3,6-7,10-14H2,(H,20,27). The summed E-state index contributed by atoms with van der Waals surface area (Å²) in [6, 6.07) is 7.93. The molecule has 8 heteroatoms. The Morgan fingerprint density at radius 1 is 1.00 bits per heavy atom. The molecular weight excluding hydrogens is 344 g/mol. The lowest BCUT2D eigenvalue weighted by atomic mass is 9.96. The molecule has 1 aliphatic carbocycles. The van der Waals surface area contributed by atoms with Crippen molar-refractivity contribution in [2.75, 3.05) is 26.2 Å². The number of benzene rings is 1. The third-order valence-electron chi connectivity index (χ3n) is 5.56. The lowest BCUT2D eigenvalue weighted by Gasteiger charge is -2.36. The molecule has 27 heavy (non-hydrogen) atoms. The van der Waals surface area contributed by atoms with Gasteiger partial charge >= 0.3 is 6.03 Å². The van der Waals surface area contributed by atoms with Crippen molar-refractivity contribution in [3.05, 3.63) is 24.3 Å². The maximum Gasteiger partial charge on any atom is 0.317 e. The number of carbonyl (C=O) groups excluding carboxylic acids is 2. The summed E-state index contributed by atoms with van der Waals surface area (Å²) in [4.78, 5) is 28.7. The predicted molar refractivity (Wildman–Crippen MR) is 101 cm³/mol. The van der Waals surface area contributed by atoms with Crippen LogP contribution in [0.15, 0.2) is 24.3 Å². The van der Waals surface area contributed by atoms with Gasteiger partial charge in [-0.2, -0.15) is 0 Å². The van der Waals surface area contributed by atoms with Gasteiger partial charge in [0.1, 0.15) is 12.1 Å². The van der Waals surface area contributed by atoms with E-state index in [4.69, 9.17) is 0 Å². The van der Waals surface area contributed by atoms with E-state index in [1.807, 2.05) is 29.2 Å². The zero-order valence-electron chi connectivity index (χ0n) is 15.5. The first-order valence-corrected chi connectivity index (χ1v) is 9.82. The van der Waals surface area contributed by atoms with Gasteiger partial charge in [0.2, 0.25) is 5.91 Å². The Labute approximate surface area is 158 Å². The maximum atomic E-state index is 12.6. The topological polar surface area (TPSA) is 83.4 Å². The van der Waals surface area contributed by atoms with Crippen LogP contribution < -0.4 is 5.32 Å². The number of urea groups is 1. The second kappa shape index (κ2) is 7.94. The van der Waals surface area contributed by atoms with Crippen molar-refractivity contribution < 1.29 is 9.59 Å². The molecule has 144 valence electrons. The molecule has 1 N–H and O–H groups in total. The molecule has 0 spiro atoms. The summed E-state index contributed by atoms with van der Waals surface area (Å²) in [5, 5.41) is 11.3. The largest absolute Gasteiger partial charge is 0.338 e. The van der Waals surface area contributed by atoms with E-state index in [9.17, 15) is 9.59 Å². The number of hydrogen-bond acceptors (Lipinski definition) is 4. The number of para-hydroxylation sites is 1. The third kappa shape index (κ3) is 4.04. The average Bonchev–Trinajstić information content (AvgIpc) is 3.12. The summed E-state index contributed by atoms with van der Waals surface area (Å²) in [5.74, 6) is 0.0120. The van der Waals surface area contributed by atoms with Crippen LogP contribution in [0.25, 0.3) is 11.0 Å². The summed E-state index contributed by atoms with van der Waals surface area (Å²) >= 11 is 0. The molecule has 2 fully saturated rings. The molecule has 2 aromatic rings. The smallest absolute Gasteiger partial charge is 0.317 e. The maximum absolute atomic E-state index is 12.6. The Balaban J connectivity index is 1.28. The second-order valence-electron chi connectivity index (χ2n) is 7.39. The molecule has 1 aromatic carbocycles. The number of nitrogens with one attached hydrogen (secondary N) is 1. The highest BCUT2D eigenvalue weighted by atomic mass is 16.2. The molecule has 2 heterocycles. The van der Waals surface area contributed by atoms with Crippen molar-refractivity contribution in [2.45, 2.75) is 44.7 Å². The number of carbonyl (C=O) groups is 2. The molecule has 0 unspecified atom stereocenters. The third-order valence-corrected chi connectivity index (χ3v) is 5.56. The molecule has 0 bridgehead atoms. The van der Waals surface area contributed by atoms with Crippen LogP contribution in [0, 0.1) is 0 Å². The Hall–Kier alpha value is -2.64. The number of aromatic nitrogens is 3. The average molecular weight is 370 g/mol. The summed E-state index contributed by atoms with van der Waals surface area (Å²) in [6.45, 7) is 2.44. The van der Waals surface area contributed by atoms with Crippen molar-refractivity contribution in [1.29, 1.82) is 0 Å². The minimum atomic E-state index is 0.0104. The predicted octanol–water partition coefficient (Wildman–Crippen LogP) is 1.62. The molecule has 3 amide bonds. The molecule has 4 rings (SSSR count). The van der Waals surface area contributed by atoms with E-state index in [0.29, 0.717) is 32.2 Å².